The van der Waals surface area contributed by atoms with Crippen molar-refractivity contribution in [2.24, 2.45) is 0 Å². The number of amides is 2. The maximum Gasteiger partial charge on any atom is 0.276 e. The molecule has 0 aliphatic carbocycles. The number of hydrogen-bond donors (Lipinski definition) is 1. The van der Waals surface area contributed by atoms with Crippen molar-refractivity contribution in [2.45, 2.75) is 24.5 Å². The Hall–Kier alpha value is -4.09. The van der Waals surface area contributed by atoms with E-state index in [-0.39, 0.29) is 28.9 Å². The topological polar surface area (TPSA) is 99.7 Å². The van der Waals surface area contributed by atoms with Crippen molar-refractivity contribution in [1.29, 1.82) is 0 Å². The van der Waals surface area contributed by atoms with Gasteiger partial charge in [-0.1, -0.05) is 36.4 Å². The zero-order valence-electron chi connectivity index (χ0n) is 22.8. The zero-order chi connectivity index (χ0) is 29.2. The number of pyridine rings is 1. The maximum atomic E-state index is 14.4. The fourth-order valence-corrected chi connectivity index (χ4v) is 8.92. The Labute approximate surface area is 246 Å². The lowest BCUT2D eigenvalue weighted by molar-refractivity contribution is 0.0981. The van der Waals surface area contributed by atoms with Gasteiger partial charge < -0.3 is 15.1 Å². The molecule has 4 aromatic rings. The van der Waals surface area contributed by atoms with Gasteiger partial charge in [-0.2, -0.15) is 0 Å². The molecule has 3 aliphatic heterocycles. The van der Waals surface area contributed by atoms with Gasteiger partial charge in [0.05, 0.1) is 22.0 Å². The lowest BCUT2D eigenvalue weighted by atomic mass is 9.94. The van der Waals surface area contributed by atoms with Gasteiger partial charge in [-0.3, -0.25) is 9.59 Å². The normalized spacial score (nSPS) is 17.9. The van der Waals surface area contributed by atoms with Crippen LogP contribution in [0, 0.1) is 12.7 Å². The number of aromatic nitrogens is 1. The number of aryl methyl sites for hydroxylation is 1. The summed E-state index contributed by atoms with van der Waals surface area (Å²) in [5, 5.41) is 2.72. The molecule has 0 radical (unpaired) electrons. The molecule has 11 heteroatoms. The number of benzene rings is 2. The summed E-state index contributed by atoms with van der Waals surface area (Å²) < 4.78 is 38.2. The second-order valence-electron chi connectivity index (χ2n) is 11.1. The number of rotatable bonds is 4. The van der Waals surface area contributed by atoms with Crippen LogP contribution >= 0.6 is 11.3 Å². The Balaban J connectivity index is 1.15. The van der Waals surface area contributed by atoms with Gasteiger partial charge in [0.2, 0.25) is 0 Å². The van der Waals surface area contributed by atoms with Crippen molar-refractivity contribution in [1.82, 2.24) is 4.98 Å². The Morgan fingerprint density at radius 3 is 2.57 bits per heavy atom. The van der Waals surface area contributed by atoms with E-state index in [0.29, 0.717) is 48.7 Å². The number of carbonyl (C=O) groups excluding carboxylic acids is 2. The third kappa shape index (κ3) is 4.21. The van der Waals surface area contributed by atoms with Crippen LogP contribution in [-0.4, -0.2) is 55.4 Å². The Morgan fingerprint density at radius 1 is 1.05 bits per heavy atom. The average Bonchev–Trinajstić information content (AvgIpc) is 3.32. The van der Waals surface area contributed by atoms with Gasteiger partial charge in [0, 0.05) is 30.1 Å². The fraction of sp³-hybridized carbons (Fsp3) is 0.258. The molecule has 5 heterocycles. The predicted octanol–water partition coefficient (Wildman–Crippen LogP) is 5.09. The van der Waals surface area contributed by atoms with Crippen molar-refractivity contribution in [3.8, 4) is 10.4 Å². The standard InChI is InChI=1S/C31H27FN4O4S2/c1-19-6-4-8-22(32)27(19)34-29(37)25-16-20-12-14-36(24-10-3-2-7-21(24)28(20)41-25)30(38)23-9-5-11-26(33-23)35-17-31(18-35)13-15-42(31,39)40/h2-11,16H,12-15,17-18H2,1H3,(H,34,37). The molecule has 0 atom stereocenters. The van der Waals surface area contributed by atoms with E-state index in [2.05, 4.69) is 10.3 Å². The third-order valence-corrected chi connectivity index (χ3v) is 12.2. The fourth-order valence-electron chi connectivity index (χ4n) is 5.96. The molecule has 8 nitrogen and oxygen atoms in total. The van der Waals surface area contributed by atoms with E-state index in [1.165, 1.54) is 17.4 Å². The van der Waals surface area contributed by atoms with Crippen molar-refractivity contribution >= 4 is 50.2 Å². The van der Waals surface area contributed by atoms with E-state index in [9.17, 15) is 22.4 Å². The van der Waals surface area contributed by atoms with E-state index < -0.39 is 20.4 Å². The predicted molar refractivity (Wildman–Crippen MR) is 162 cm³/mol. The zero-order valence-corrected chi connectivity index (χ0v) is 24.4. The summed E-state index contributed by atoms with van der Waals surface area (Å²) in [5.74, 6) is -0.282. The molecule has 42 heavy (non-hydrogen) atoms. The van der Waals surface area contributed by atoms with Crippen molar-refractivity contribution in [3.63, 3.8) is 0 Å². The maximum absolute atomic E-state index is 14.4. The van der Waals surface area contributed by atoms with Crippen LogP contribution in [0.2, 0.25) is 0 Å². The SMILES string of the molecule is Cc1cccc(F)c1NC(=O)c1cc2c(s1)-c1ccccc1N(C(=O)c1cccc(N3CC4(CCS4(=O)=O)C3)n1)CC2. The number of anilines is 3. The highest BCUT2D eigenvalue weighted by Gasteiger charge is 2.59. The van der Waals surface area contributed by atoms with Gasteiger partial charge in [-0.25, -0.2) is 17.8 Å². The molecule has 2 aromatic heterocycles. The monoisotopic (exact) mass is 602 g/mol. The highest BCUT2D eigenvalue weighted by molar-refractivity contribution is 7.94. The van der Waals surface area contributed by atoms with Gasteiger partial charge in [-0.15, -0.1) is 11.3 Å². The minimum absolute atomic E-state index is 0.167. The van der Waals surface area contributed by atoms with E-state index in [1.54, 1.807) is 42.2 Å². The van der Waals surface area contributed by atoms with Crippen LogP contribution in [0.5, 0.6) is 0 Å². The quantitative estimate of drug-likeness (QED) is 0.350. The minimum atomic E-state index is -3.04. The number of thiophene rings is 1. The van der Waals surface area contributed by atoms with Gasteiger partial charge >= 0.3 is 0 Å². The van der Waals surface area contributed by atoms with Crippen LogP contribution in [-0.2, 0) is 16.3 Å². The van der Waals surface area contributed by atoms with Crippen LogP contribution < -0.4 is 15.1 Å². The summed E-state index contributed by atoms with van der Waals surface area (Å²) in [5.41, 5.74) is 3.58. The third-order valence-electron chi connectivity index (χ3n) is 8.50. The average molecular weight is 603 g/mol. The first-order valence-electron chi connectivity index (χ1n) is 13.7. The molecule has 2 aromatic carbocycles. The van der Waals surface area contributed by atoms with E-state index >= 15 is 0 Å². The summed E-state index contributed by atoms with van der Waals surface area (Å²) in [6.45, 7) is 2.93. The Bertz CT molecular complexity index is 1860. The second kappa shape index (κ2) is 9.74. The number of sulfone groups is 1. The molecule has 2 amide bonds. The molecule has 1 N–H and O–H groups in total. The van der Waals surface area contributed by atoms with Gasteiger partial charge in [-0.05, 0) is 61.2 Å². The van der Waals surface area contributed by atoms with Gasteiger partial charge in [0.15, 0.2) is 9.84 Å². The van der Waals surface area contributed by atoms with Gasteiger partial charge in [0.1, 0.15) is 22.1 Å². The summed E-state index contributed by atoms with van der Waals surface area (Å²) in [6.07, 6.45) is 1.19. The number of nitrogens with one attached hydrogen (secondary N) is 1. The van der Waals surface area contributed by atoms with Gasteiger partial charge in [0.25, 0.3) is 11.8 Å². The number of hydrogen-bond acceptors (Lipinski definition) is 7. The van der Waals surface area contributed by atoms with Crippen LogP contribution in [0.4, 0.5) is 21.6 Å². The number of carbonyl (C=O) groups is 2. The molecule has 3 aliphatic rings. The Morgan fingerprint density at radius 2 is 1.83 bits per heavy atom. The van der Waals surface area contributed by atoms with Crippen LogP contribution in [0.25, 0.3) is 10.4 Å². The summed E-state index contributed by atoms with van der Waals surface area (Å²) in [4.78, 5) is 36.6. The number of nitrogens with zero attached hydrogens (tertiary/aromatic N) is 3. The van der Waals surface area contributed by atoms with E-state index in [4.69, 9.17) is 0 Å². The van der Waals surface area contributed by atoms with Crippen LogP contribution in [0.3, 0.4) is 0 Å². The first-order chi connectivity index (χ1) is 20.2. The molecule has 7 rings (SSSR count). The largest absolute Gasteiger partial charge is 0.353 e. The molecule has 0 saturated carbocycles. The highest BCUT2D eigenvalue weighted by Crippen LogP contribution is 2.44. The molecular weight excluding hydrogens is 575 g/mol. The Kier molecular flexibility index (Phi) is 6.21. The van der Waals surface area contributed by atoms with E-state index in [1.807, 2.05) is 35.2 Å². The van der Waals surface area contributed by atoms with Crippen LogP contribution in [0.15, 0.2) is 66.7 Å². The summed E-state index contributed by atoms with van der Waals surface area (Å²) in [6, 6.07) is 19.3. The molecule has 1 spiro atoms. The first kappa shape index (κ1) is 26.8. The van der Waals surface area contributed by atoms with Crippen molar-refractivity contribution in [2.75, 3.05) is 40.5 Å². The number of halogens is 1. The number of para-hydroxylation sites is 2. The van der Waals surface area contributed by atoms with Crippen molar-refractivity contribution in [3.05, 3.63) is 94.2 Å². The second-order valence-corrected chi connectivity index (χ2v) is 14.6. The summed E-state index contributed by atoms with van der Waals surface area (Å²) in [7, 11) is -3.04. The van der Waals surface area contributed by atoms with Crippen LogP contribution in [0.1, 0.15) is 37.7 Å². The minimum Gasteiger partial charge on any atom is -0.353 e. The smallest absolute Gasteiger partial charge is 0.276 e. The van der Waals surface area contributed by atoms with E-state index in [0.717, 1.165) is 21.7 Å². The molecule has 2 fully saturated rings. The van der Waals surface area contributed by atoms with Crippen molar-refractivity contribution < 1.29 is 22.4 Å². The lowest BCUT2D eigenvalue weighted by Gasteiger charge is -2.54. The first-order valence-corrected chi connectivity index (χ1v) is 16.2. The summed E-state index contributed by atoms with van der Waals surface area (Å²) >= 11 is 1.32. The molecular formula is C31H27FN4O4S2. The highest BCUT2D eigenvalue weighted by atomic mass is 32.2. The molecule has 0 bridgehead atoms. The molecule has 214 valence electrons. The number of fused-ring (bicyclic) bond motifs is 3. The lowest BCUT2D eigenvalue weighted by Crippen LogP contribution is -2.72. The molecule has 0 unspecified atom stereocenters. The molecule has 2 saturated heterocycles.